The molecule has 2 aromatic rings. The highest BCUT2D eigenvalue weighted by Crippen LogP contribution is 2.19. The van der Waals surface area contributed by atoms with Gasteiger partial charge in [-0.1, -0.05) is 6.07 Å². The molecule has 0 amide bonds. The minimum absolute atomic E-state index is 0.109. The average Bonchev–Trinajstić information content (AvgIpc) is 2.89. The summed E-state index contributed by atoms with van der Waals surface area (Å²) in [5.41, 5.74) is 0.585. The van der Waals surface area contributed by atoms with E-state index in [0.717, 1.165) is 4.21 Å². The molecule has 90 valence electrons. The lowest BCUT2D eigenvalue weighted by Crippen LogP contribution is -2.07. The van der Waals surface area contributed by atoms with E-state index >= 15 is 0 Å². The lowest BCUT2D eigenvalue weighted by Gasteiger charge is -2.02. The standard InChI is InChI=1S/C10H10N2O3S2/c1-12-8(7(5-11-12)10(13)14)6-17(15)9-3-2-4-16-9/h2-5H,6H2,1H3,(H,13,14). The van der Waals surface area contributed by atoms with Crippen molar-refractivity contribution in [3.05, 3.63) is 35.0 Å². The Morgan fingerprint density at radius 3 is 3.00 bits per heavy atom. The fourth-order valence-electron chi connectivity index (χ4n) is 1.40. The molecule has 1 N–H and O–H groups in total. The highest BCUT2D eigenvalue weighted by atomic mass is 32.2. The van der Waals surface area contributed by atoms with Crippen LogP contribution in [-0.4, -0.2) is 25.1 Å². The van der Waals surface area contributed by atoms with Crippen molar-refractivity contribution in [3.63, 3.8) is 0 Å². The highest BCUT2D eigenvalue weighted by molar-refractivity contribution is 7.86. The predicted octanol–water partition coefficient (Wildman–Crippen LogP) is 1.49. The molecule has 17 heavy (non-hydrogen) atoms. The van der Waals surface area contributed by atoms with E-state index in [2.05, 4.69) is 5.10 Å². The van der Waals surface area contributed by atoms with Crippen LogP contribution in [0.1, 0.15) is 16.1 Å². The normalized spacial score (nSPS) is 12.5. The predicted molar refractivity (Wildman–Crippen MR) is 64.6 cm³/mol. The van der Waals surface area contributed by atoms with Crippen LogP contribution in [0.15, 0.2) is 27.9 Å². The minimum atomic E-state index is -1.22. The van der Waals surface area contributed by atoms with Gasteiger partial charge in [0.1, 0.15) is 5.56 Å². The Kier molecular flexibility index (Phi) is 3.39. The number of thiophene rings is 1. The van der Waals surface area contributed by atoms with Crippen LogP contribution in [0.5, 0.6) is 0 Å². The number of aryl methyl sites for hydroxylation is 1. The maximum atomic E-state index is 12.0. The van der Waals surface area contributed by atoms with Crippen molar-refractivity contribution in [2.45, 2.75) is 9.96 Å². The molecule has 7 heteroatoms. The summed E-state index contributed by atoms with van der Waals surface area (Å²) in [5.74, 6) is -0.880. The van der Waals surface area contributed by atoms with E-state index in [1.807, 2.05) is 11.4 Å². The van der Waals surface area contributed by atoms with Crippen molar-refractivity contribution >= 4 is 28.1 Å². The van der Waals surface area contributed by atoms with Crippen LogP contribution in [-0.2, 0) is 23.6 Å². The number of rotatable bonds is 4. The summed E-state index contributed by atoms with van der Waals surface area (Å²) >= 11 is 1.40. The molecule has 0 aliphatic carbocycles. The van der Waals surface area contributed by atoms with Gasteiger partial charge in [-0.15, -0.1) is 11.3 Å². The molecule has 2 rings (SSSR count). The summed E-state index contributed by atoms with van der Waals surface area (Å²) in [5, 5.41) is 14.7. The fourth-order valence-corrected chi connectivity index (χ4v) is 3.59. The van der Waals surface area contributed by atoms with Crippen LogP contribution in [0.25, 0.3) is 0 Å². The zero-order valence-corrected chi connectivity index (χ0v) is 10.6. The van der Waals surface area contributed by atoms with Gasteiger partial charge < -0.3 is 5.11 Å². The first-order chi connectivity index (χ1) is 8.09. The lowest BCUT2D eigenvalue weighted by molar-refractivity contribution is 0.0696. The van der Waals surface area contributed by atoms with Crippen molar-refractivity contribution in [2.75, 3.05) is 0 Å². The van der Waals surface area contributed by atoms with Gasteiger partial charge in [-0.05, 0) is 11.4 Å². The van der Waals surface area contributed by atoms with E-state index in [-0.39, 0.29) is 11.3 Å². The molecule has 0 spiro atoms. The average molecular weight is 270 g/mol. The van der Waals surface area contributed by atoms with Crippen molar-refractivity contribution < 1.29 is 14.1 Å². The summed E-state index contributed by atoms with van der Waals surface area (Å²) in [6.45, 7) is 0. The summed E-state index contributed by atoms with van der Waals surface area (Å²) in [6, 6.07) is 3.59. The van der Waals surface area contributed by atoms with Crippen LogP contribution < -0.4 is 0 Å². The molecule has 0 bridgehead atoms. The number of nitrogens with zero attached hydrogens (tertiary/aromatic N) is 2. The smallest absolute Gasteiger partial charge is 0.339 e. The van der Waals surface area contributed by atoms with E-state index in [0.29, 0.717) is 5.69 Å². The van der Waals surface area contributed by atoms with E-state index in [9.17, 15) is 9.00 Å². The Hall–Kier alpha value is -1.47. The first-order valence-electron chi connectivity index (χ1n) is 4.75. The molecule has 1 atom stereocenters. The van der Waals surface area contributed by atoms with Gasteiger partial charge >= 0.3 is 5.97 Å². The van der Waals surface area contributed by atoms with Gasteiger partial charge in [0, 0.05) is 7.05 Å². The first-order valence-corrected chi connectivity index (χ1v) is 6.95. The van der Waals surface area contributed by atoms with Crippen LogP contribution in [0.2, 0.25) is 0 Å². The molecule has 5 nitrogen and oxygen atoms in total. The van der Waals surface area contributed by atoms with Gasteiger partial charge in [0.05, 0.1) is 32.7 Å². The van der Waals surface area contributed by atoms with Crippen LogP contribution in [0.3, 0.4) is 0 Å². The van der Waals surface area contributed by atoms with E-state index < -0.39 is 16.8 Å². The largest absolute Gasteiger partial charge is 0.478 e. The van der Waals surface area contributed by atoms with Gasteiger partial charge in [0.25, 0.3) is 0 Å². The molecular weight excluding hydrogens is 260 g/mol. The summed E-state index contributed by atoms with van der Waals surface area (Å²) in [7, 11) is 0.422. The molecule has 0 saturated heterocycles. The zero-order valence-electron chi connectivity index (χ0n) is 8.99. The molecule has 0 saturated carbocycles. The highest BCUT2D eigenvalue weighted by Gasteiger charge is 2.18. The van der Waals surface area contributed by atoms with Crippen molar-refractivity contribution in [1.82, 2.24) is 9.78 Å². The molecule has 0 radical (unpaired) electrons. The Morgan fingerprint density at radius 2 is 2.41 bits per heavy atom. The summed E-state index contributed by atoms with van der Waals surface area (Å²) in [6.07, 6.45) is 1.28. The number of aromatic nitrogens is 2. The molecule has 0 aliphatic rings. The Morgan fingerprint density at radius 1 is 1.65 bits per heavy atom. The maximum absolute atomic E-state index is 12.0. The van der Waals surface area contributed by atoms with Gasteiger partial charge in [-0.2, -0.15) is 5.10 Å². The van der Waals surface area contributed by atoms with Crippen LogP contribution in [0.4, 0.5) is 0 Å². The van der Waals surface area contributed by atoms with E-state index in [4.69, 9.17) is 5.11 Å². The molecule has 1 unspecified atom stereocenters. The topological polar surface area (TPSA) is 72.2 Å². The van der Waals surface area contributed by atoms with Gasteiger partial charge in [-0.3, -0.25) is 8.89 Å². The van der Waals surface area contributed by atoms with Gasteiger partial charge in [0.2, 0.25) is 0 Å². The number of carbonyl (C=O) groups is 1. The minimum Gasteiger partial charge on any atom is -0.478 e. The molecular formula is C10H10N2O3S2. The second kappa shape index (κ2) is 4.80. The lowest BCUT2D eigenvalue weighted by atomic mass is 10.3. The third-order valence-electron chi connectivity index (χ3n) is 2.28. The van der Waals surface area contributed by atoms with Crippen molar-refractivity contribution in [2.24, 2.45) is 7.05 Å². The Labute approximate surface area is 104 Å². The van der Waals surface area contributed by atoms with E-state index in [1.165, 1.54) is 22.2 Å². The van der Waals surface area contributed by atoms with Gasteiger partial charge in [0.15, 0.2) is 0 Å². The summed E-state index contributed by atoms with van der Waals surface area (Å²) < 4.78 is 14.2. The number of carboxylic acids is 1. The van der Waals surface area contributed by atoms with E-state index in [1.54, 1.807) is 13.1 Å². The van der Waals surface area contributed by atoms with Gasteiger partial charge in [-0.25, -0.2) is 4.79 Å². The second-order valence-corrected chi connectivity index (χ2v) is 5.98. The Balaban J connectivity index is 2.27. The molecule has 0 aliphatic heterocycles. The SMILES string of the molecule is Cn1ncc(C(=O)O)c1CS(=O)c1cccs1. The zero-order chi connectivity index (χ0) is 12.4. The van der Waals surface area contributed by atoms with Crippen LogP contribution >= 0.6 is 11.3 Å². The number of hydrogen-bond donors (Lipinski definition) is 1. The first kappa shape index (κ1) is 12.0. The van der Waals surface area contributed by atoms with Crippen molar-refractivity contribution in [1.29, 1.82) is 0 Å². The Bertz CT molecular complexity index is 560. The van der Waals surface area contributed by atoms with Crippen molar-refractivity contribution in [3.8, 4) is 0 Å². The van der Waals surface area contributed by atoms with Crippen LogP contribution in [0, 0.1) is 0 Å². The maximum Gasteiger partial charge on any atom is 0.339 e. The molecule has 2 heterocycles. The number of hydrogen-bond acceptors (Lipinski definition) is 4. The monoisotopic (exact) mass is 270 g/mol. The molecule has 0 aromatic carbocycles. The second-order valence-electron chi connectivity index (χ2n) is 3.36. The third-order valence-corrected chi connectivity index (χ3v) is 4.91. The summed E-state index contributed by atoms with van der Waals surface area (Å²) in [4.78, 5) is 11.0. The number of aromatic carboxylic acids is 1. The third kappa shape index (κ3) is 2.45. The molecule has 0 fully saturated rings. The quantitative estimate of drug-likeness (QED) is 0.913. The number of carboxylic acid groups (broad SMARTS) is 1. The molecule has 2 aromatic heterocycles. The fraction of sp³-hybridized carbons (Fsp3) is 0.200.